The minimum Gasteiger partial charge on any atom is -0.332 e. The average molecular weight is 506 g/mol. The summed E-state index contributed by atoms with van der Waals surface area (Å²) in [6, 6.07) is 14.5. The predicted octanol–water partition coefficient (Wildman–Crippen LogP) is 5.87. The Morgan fingerprint density at radius 2 is 1.82 bits per heavy atom. The number of benzene rings is 2. The average Bonchev–Trinajstić information content (AvgIpc) is 3.48. The standard InChI is InChI=1S/C24H19ClF3N3O2S/c1-30(23(33)15-8-10-16(11-9-15)24(26,27)28)14-22(32)31-20(17-5-2-3-6-18(17)25)13-19(29-31)21-7-4-12-34-21/h2-12,20H,13-14H2,1H3/t20-/m0/s1. The van der Waals surface area contributed by atoms with E-state index in [9.17, 15) is 22.8 Å². The second kappa shape index (κ2) is 9.60. The summed E-state index contributed by atoms with van der Waals surface area (Å²) in [5.74, 6) is -1.00. The van der Waals surface area contributed by atoms with E-state index in [1.807, 2.05) is 29.6 Å². The van der Waals surface area contributed by atoms with Crippen LogP contribution in [-0.4, -0.2) is 41.0 Å². The van der Waals surface area contributed by atoms with E-state index in [1.165, 1.54) is 23.4 Å². The molecule has 0 saturated heterocycles. The Hall–Kier alpha value is -3.17. The highest BCUT2D eigenvalue weighted by Gasteiger charge is 2.35. The first-order valence-electron chi connectivity index (χ1n) is 10.3. The summed E-state index contributed by atoms with van der Waals surface area (Å²) in [5, 5.41) is 8.30. The van der Waals surface area contributed by atoms with Crippen molar-refractivity contribution in [2.24, 2.45) is 5.10 Å². The van der Waals surface area contributed by atoms with Crippen molar-refractivity contribution in [2.75, 3.05) is 13.6 Å². The molecule has 3 aromatic rings. The molecule has 1 aliphatic rings. The molecule has 10 heteroatoms. The van der Waals surface area contributed by atoms with E-state index in [1.54, 1.807) is 12.1 Å². The van der Waals surface area contributed by atoms with Crippen molar-refractivity contribution in [1.82, 2.24) is 9.91 Å². The molecule has 2 amide bonds. The van der Waals surface area contributed by atoms with E-state index in [4.69, 9.17) is 11.6 Å². The Bertz CT molecular complexity index is 1230. The molecule has 0 spiro atoms. The largest absolute Gasteiger partial charge is 0.416 e. The van der Waals surface area contributed by atoms with Gasteiger partial charge in [-0.1, -0.05) is 35.9 Å². The van der Waals surface area contributed by atoms with Crippen LogP contribution in [0.1, 0.15) is 38.8 Å². The summed E-state index contributed by atoms with van der Waals surface area (Å²) in [6.07, 6.45) is -4.03. The van der Waals surface area contributed by atoms with E-state index < -0.39 is 29.6 Å². The summed E-state index contributed by atoms with van der Waals surface area (Å²) in [7, 11) is 1.42. The van der Waals surface area contributed by atoms with Gasteiger partial charge >= 0.3 is 6.18 Å². The number of alkyl halides is 3. The molecule has 34 heavy (non-hydrogen) atoms. The molecule has 5 nitrogen and oxygen atoms in total. The smallest absolute Gasteiger partial charge is 0.332 e. The molecular weight excluding hydrogens is 487 g/mol. The lowest BCUT2D eigenvalue weighted by Gasteiger charge is -2.25. The van der Waals surface area contributed by atoms with Gasteiger partial charge in [-0.2, -0.15) is 18.3 Å². The van der Waals surface area contributed by atoms with Crippen LogP contribution in [-0.2, 0) is 11.0 Å². The molecule has 2 aromatic carbocycles. The van der Waals surface area contributed by atoms with E-state index >= 15 is 0 Å². The third-order valence-corrected chi connectivity index (χ3v) is 6.68. The van der Waals surface area contributed by atoms with Crippen molar-refractivity contribution in [3.63, 3.8) is 0 Å². The molecule has 4 rings (SSSR count). The van der Waals surface area contributed by atoms with Crippen LogP contribution in [0.5, 0.6) is 0 Å². The number of thiophene rings is 1. The Kier molecular flexibility index (Phi) is 6.77. The fourth-order valence-corrected chi connectivity index (χ4v) is 4.67. The molecular formula is C24H19ClF3N3O2S. The highest BCUT2D eigenvalue weighted by molar-refractivity contribution is 7.12. The zero-order chi connectivity index (χ0) is 24.5. The topological polar surface area (TPSA) is 53.0 Å². The number of carbonyl (C=O) groups is 2. The van der Waals surface area contributed by atoms with Gasteiger partial charge in [-0.05, 0) is 47.3 Å². The summed E-state index contributed by atoms with van der Waals surface area (Å²) in [5.41, 5.74) is 0.683. The van der Waals surface area contributed by atoms with Crippen LogP contribution in [0.2, 0.25) is 5.02 Å². The minimum absolute atomic E-state index is 0.0511. The molecule has 0 fully saturated rings. The molecule has 0 bridgehead atoms. The number of likely N-dealkylation sites (N-methyl/N-ethyl adjacent to an activating group) is 1. The molecule has 1 atom stereocenters. The van der Waals surface area contributed by atoms with Gasteiger partial charge in [0.2, 0.25) is 0 Å². The van der Waals surface area contributed by atoms with Crippen LogP contribution in [0.4, 0.5) is 13.2 Å². The van der Waals surface area contributed by atoms with Crippen LogP contribution in [0, 0.1) is 0 Å². The van der Waals surface area contributed by atoms with Gasteiger partial charge in [0.05, 0.1) is 22.2 Å². The molecule has 0 saturated carbocycles. The van der Waals surface area contributed by atoms with E-state index in [0.717, 1.165) is 45.3 Å². The van der Waals surface area contributed by atoms with E-state index in [2.05, 4.69) is 5.10 Å². The Morgan fingerprint density at radius 3 is 2.44 bits per heavy atom. The zero-order valence-electron chi connectivity index (χ0n) is 17.9. The number of carbonyl (C=O) groups excluding carboxylic acids is 2. The molecule has 176 valence electrons. The fourth-order valence-electron chi connectivity index (χ4n) is 3.69. The monoisotopic (exact) mass is 505 g/mol. The first kappa shape index (κ1) is 24.0. The van der Waals surface area contributed by atoms with Gasteiger partial charge in [-0.3, -0.25) is 9.59 Å². The molecule has 0 aliphatic carbocycles. The number of rotatable bonds is 5. The molecule has 1 aromatic heterocycles. The number of nitrogens with zero attached hydrogens (tertiary/aromatic N) is 3. The lowest BCUT2D eigenvalue weighted by atomic mass is 10.0. The molecule has 2 heterocycles. The summed E-state index contributed by atoms with van der Waals surface area (Å²) in [4.78, 5) is 28.0. The lowest BCUT2D eigenvalue weighted by Crippen LogP contribution is -2.39. The van der Waals surface area contributed by atoms with Crippen LogP contribution < -0.4 is 0 Å². The normalized spacial score (nSPS) is 15.9. The van der Waals surface area contributed by atoms with Gasteiger partial charge in [0.25, 0.3) is 11.8 Å². The van der Waals surface area contributed by atoms with Crippen LogP contribution >= 0.6 is 22.9 Å². The van der Waals surface area contributed by atoms with E-state index in [-0.39, 0.29) is 12.1 Å². The van der Waals surface area contributed by atoms with Crippen molar-refractivity contribution < 1.29 is 22.8 Å². The third kappa shape index (κ3) is 5.00. The van der Waals surface area contributed by atoms with Crippen LogP contribution in [0.15, 0.2) is 71.1 Å². The van der Waals surface area contributed by atoms with Gasteiger partial charge in [-0.25, -0.2) is 5.01 Å². The third-order valence-electron chi connectivity index (χ3n) is 5.41. The van der Waals surface area contributed by atoms with Gasteiger partial charge < -0.3 is 4.90 Å². The highest BCUT2D eigenvalue weighted by atomic mass is 35.5. The summed E-state index contributed by atoms with van der Waals surface area (Å²) in [6.45, 7) is -0.304. The van der Waals surface area contributed by atoms with E-state index in [0.29, 0.717) is 11.4 Å². The SMILES string of the molecule is CN(CC(=O)N1N=C(c2cccs2)C[C@H]1c1ccccc1Cl)C(=O)c1ccc(C(F)(F)F)cc1. The van der Waals surface area contributed by atoms with Crippen LogP contribution in [0.3, 0.4) is 0 Å². The maximum Gasteiger partial charge on any atom is 0.416 e. The zero-order valence-corrected chi connectivity index (χ0v) is 19.5. The number of hydrazone groups is 1. The number of halogens is 4. The Labute approximate surface area is 203 Å². The Morgan fingerprint density at radius 1 is 1.12 bits per heavy atom. The highest BCUT2D eigenvalue weighted by Crippen LogP contribution is 2.37. The van der Waals surface area contributed by atoms with Crippen molar-refractivity contribution in [3.8, 4) is 0 Å². The number of hydrogen-bond acceptors (Lipinski definition) is 4. The minimum atomic E-state index is -4.49. The number of amides is 2. The predicted molar refractivity (Wildman–Crippen MR) is 125 cm³/mol. The van der Waals surface area contributed by atoms with Gasteiger partial charge in [-0.15, -0.1) is 11.3 Å². The maximum atomic E-state index is 13.2. The van der Waals surface area contributed by atoms with Crippen molar-refractivity contribution in [3.05, 3.63) is 92.6 Å². The molecule has 0 radical (unpaired) electrons. The van der Waals surface area contributed by atoms with Gasteiger partial charge in [0, 0.05) is 24.1 Å². The summed E-state index contributed by atoms with van der Waals surface area (Å²) >= 11 is 7.90. The fraction of sp³-hybridized carbons (Fsp3) is 0.208. The van der Waals surface area contributed by atoms with Gasteiger partial charge in [0.1, 0.15) is 6.54 Å². The second-order valence-electron chi connectivity index (χ2n) is 7.74. The van der Waals surface area contributed by atoms with Crippen molar-refractivity contribution in [2.45, 2.75) is 18.6 Å². The first-order valence-corrected chi connectivity index (χ1v) is 11.5. The molecule has 1 aliphatic heterocycles. The van der Waals surface area contributed by atoms with Gasteiger partial charge in [0.15, 0.2) is 0 Å². The lowest BCUT2D eigenvalue weighted by molar-refractivity contribution is -0.137. The molecule has 0 unspecified atom stereocenters. The maximum absolute atomic E-state index is 13.2. The van der Waals surface area contributed by atoms with Crippen molar-refractivity contribution in [1.29, 1.82) is 0 Å². The van der Waals surface area contributed by atoms with Crippen LogP contribution in [0.25, 0.3) is 0 Å². The Balaban J connectivity index is 1.54. The first-order chi connectivity index (χ1) is 16.1. The molecule has 0 N–H and O–H groups in total. The second-order valence-corrected chi connectivity index (χ2v) is 9.09. The quantitative estimate of drug-likeness (QED) is 0.435. The van der Waals surface area contributed by atoms with Crippen molar-refractivity contribution >= 4 is 40.5 Å². The number of hydrogen-bond donors (Lipinski definition) is 0. The summed E-state index contributed by atoms with van der Waals surface area (Å²) < 4.78 is 38.4.